The first-order chi connectivity index (χ1) is 16.6. The van der Waals surface area contributed by atoms with Gasteiger partial charge in [0.15, 0.2) is 5.17 Å². The number of nitrogens with zero attached hydrogens (tertiary/aromatic N) is 3. The van der Waals surface area contributed by atoms with Crippen LogP contribution in [-0.2, 0) is 9.59 Å². The first-order valence-corrected chi connectivity index (χ1v) is 12.1. The van der Waals surface area contributed by atoms with Gasteiger partial charge in [0.1, 0.15) is 5.25 Å². The van der Waals surface area contributed by atoms with Gasteiger partial charge in [0.25, 0.3) is 5.91 Å². The molecule has 7 heteroatoms. The number of anilines is 1. The zero-order valence-corrected chi connectivity index (χ0v) is 19.5. The summed E-state index contributed by atoms with van der Waals surface area (Å²) in [6.45, 7) is 2.06. The van der Waals surface area contributed by atoms with Crippen LogP contribution in [-0.4, -0.2) is 33.0 Å². The Hall–Kier alpha value is -3.71. The maximum absolute atomic E-state index is 12.7. The fourth-order valence-electron chi connectivity index (χ4n) is 4.05. The Morgan fingerprint density at radius 3 is 2.38 bits per heavy atom. The number of hydrogen-bond donors (Lipinski definition) is 1. The van der Waals surface area contributed by atoms with Crippen LogP contribution < -0.4 is 5.32 Å². The van der Waals surface area contributed by atoms with E-state index in [1.54, 1.807) is 0 Å². The van der Waals surface area contributed by atoms with Gasteiger partial charge in [-0.05, 0) is 30.2 Å². The number of nitrogens with one attached hydrogen (secondary N) is 1. The predicted molar refractivity (Wildman–Crippen MR) is 137 cm³/mol. The molecule has 0 aromatic heterocycles. The van der Waals surface area contributed by atoms with Crippen molar-refractivity contribution in [1.82, 2.24) is 5.01 Å². The van der Waals surface area contributed by atoms with Gasteiger partial charge in [-0.25, -0.2) is 5.01 Å². The van der Waals surface area contributed by atoms with Crippen molar-refractivity contribution < 1.29 is 9.59 Å². The number of hydrazone groups is 1. The number of carbonyl (C=O) groups is 2. The number of para-hydroxylation sites is 1. The van der Waals surface area contributed by atoms with Gasteiger partial charge in [-0.3, -0.25) is 9.59 Å². The van der Waals surface area contributed by atoms with Crippen LogP contribution in [0.1, 0.15) is 35.6 Å². The molecule has 2 amide bonds. The molecule has 6 nitrogen and oxygen atoms in total. The maximum Gasteiger partial charge on any atom is 0.262 e. The molecular weight excluding hydrogens is 444 g/mol. The number of amides is 2. The molecular formula is C27H24N4O2S. The van der Waals surface area contributed by atoms with Crippen molar-refractivity contribution >= 4 is 40.1 Å². The fourth-order valence-corrected chi connectivity index (χ4v) is 5.11. The fraction of sp³-hybridized carbons (Fsp3) is 0.185. The molecule has 0 spiro atoms. The third-order valence-electron chi connectivity index (χ3n) is 5.83. The average molecular weight is 469 g/mol. The first-order valence-electron chi connectivity index (χ1n) is 11.2. The molecule has 2 aliphatic rings. The van der Waals surface area contributed by atoms with Crippen LogP contribution in [0.2, 0.25) is 0 Å². The highest BCUT2D eigenvalue weighted by molar-refractivity contribution is 8.15. The van der Waals surface area contributed by atoms with Gasteiger partial charge >= 0.3 is 0 Å². The second-order valence-electron chi connectivity index (χ2n) is 8.35. The highest BCUT2D eigenvalue weighted by atomic mass is 32.2. The smallest absolute Gasteiger partial charge is 0.262 e. The van der Waals surface area contributed by atoms with Crippen molar-refractivity contribution in [3.63, 3.8) is 0 Å². The van der Waals surface area contributed by atoms with Crippen LogP contribution in [0, 0.1) is 6.92 Å². The van der Waals surface area contributed by atoms with Gasteiger partial charge in [0, 0.05) is 18.5 Å². The van der Waals surface area contributed by atoms with Gasteiger partial charge in [-0.1, -0.05) is 90.1 Å². The van der Waals surface area contributed by atoms with Crippen molar-refractivity contribution in [1.29, 1.82) is 0 Å². The SMILES string of the molecule is Cc1ccc([C@H]2CC(c3ccccc3)=NN2C2=NC(=O)[C@@H](CC(=O)Nc3ccccc3)S2)cc1. The molecule has 2 aliphatic heterocycles. The van der Waals surface area contributed by atoms with Crippen LogP contribution >= 0.6 is 11.8 Å². The molecule has 0 saturated carbocycles. The number of hydrogen-bond acceptors (Lipinski definition) is 5. The summed E-state index contributed by atoms with van der Waals surface area (Å²) in [5, 5.41) is 9.56. The minimum Gasteiger partial charge on any atom is -0.326 e. The van der Waals surface area contributed by atoms with E-state index in [1.807, 2.05) is 65.7 Å². The van der Waals surface area contributed by atoms with E-state index in [9.17, 15) is 9.59 Å². The van der Waals surface area contributed by atoms with Crippen LogP contribution in [0.5, 0.6) is 0 Å². The summed E-state index contributed by atoms with van der Waals surface area (Å²) in [5.74, 6) is -0.507. The van der Waals surface area contributed by atoms with E-state index >= 15 is 0 Å². The molecule has 5 rings (SSSR count). The Bertz CT molecular complexity index is 1260. The lowest BCUT2D eigenvalue weighted by Gasteiger charge is -2.23. The molecule has 3 aromatic carbocycles. The number of carbonyl (C=O) groups excluding carboxylic acids is 2. The highest BCUT2D eigenvalue weighted by Crippen LogP contribution is 2.38. The van der Waals surface area contributed by atoms with Gasteiger partial charge in [0.2, 0.25) is 5.91 Å². The lowest BCUT2D eigenvalue weighted by atomic mass is 9.98. The third-order valence-corrected chi connectivity index (χ3v) is 6.97. The van der Waals surface area contributed by atoms with Gasteiger partial charge in [0.05, 0.1) is 11.8 Å². The summed E-state index contributed by atoms with van der Waals surface area (Å²) in [5.41, 5.74) is 5.01. The number of rotatable bonds is 5. The predicted octanol–water partition coefficient (Wildman–Crippen LogP) is 5.17. The molecule has 0 unspecified atom stereocenters. The number of aryl methyl sites for hydroxylation is 1. The summed E-state index contributed by atoms with van der Waals surface area (Å²) in [6.07, 6.45) is 0.768. The second-order valence-corrected chi connectivity index (χ2v) is 9.52. The van der Waals surface area contributed by atoms with Gasteiger partial charge in [-0.15, -0.1) is 0 Å². The van der Waals surface area contributed by atoms with Crippen molar-refractivity contribution in [2.75, 3.05) is 5.32 Å². The average Bonchev–Trinajstić information content (AvgIpc) is 3.45. The zero-order valence-electron chi connectivity index (χ0n) is 18.7. The van der Waals surface area contributed by atoms with E-state index in [-0.39, 0.29) is 24.3 Å². The van der Waals surface area contributed by atoms with Gasteiger partial charge < -0.3 is 5.32 Å². The van der Waals surface area contributed by atoms with Gasteiger partial charge in [-0.2, -0.15) is 10.1 Å². The van der Waals surface area contributed by atoms with Crippen LogP contribution in [0.3, 0.4) is 0 Å². The molecule has 170 valence electrons. The maximum atomic E-state index is 12.7. The van der Waals surface area contributed by atoms with E-state index in [0.717, 1.165) is 16.8 Å². The summed E-state index contributed by atoms with van der Waals surface area (Å²) in [7, 11) is 0. The van der Waals surface area contributed by atoms with E-state index in [4.69, 9.17) is 5.10 Å². The summed E-state index contributed by atoms with van der Waals surface area (Å²) >= 11 is 1.31. The Morgan fingerprint density at radius 1 is 1.00 bits per heavy atom. The summed E-state index contributed by atoms with van der Waals surface area (Å²) in [4.78, 5) is 29.5. The summed E-state index contributed by atoms with van der Waals surface area (Å²) < 4.78 is 0. The number of thioether (sulfide) groups is 1. The molecule has 1 N–H and O–H groups in total. The standard InChI is InChI=1S/C27H24N4O2S/c1-18-12-14-20(15-13-18)23-16-22(19-8-4-2-5-9-19)30-31(23)27-29-26(33)24(34-27)17-25(32)28-21-10-6-3-7-11-21/h2-15,23-24H,16-17H2,1H3,(H,28,32)/t23-,24-/m1/s1. The normalized spacial score (nSPS) is 19.7. The van der Waals surface area contributed by atoms with Crippen molar-refractivity contribution in [3.8, 4) is 0 Å². The monoisotopic (exact) mass is 468 g/mol. The Kier molecular flexibility index (Phi) is 6.27. The second kappa shape index (κ2) is 9.65. The molecule has 3 aromatic rings. The Labute approximate surface area is 202 Å². The van der Waals surface area contributed by atoms with Crippen LogP contribution in [0.4, 0.5) is 5.69 Å². The Balaban J connectivity index is 1.35. The van der Waals surface area contributed by atoms with E-state index < -0.39 is 5.25 Å². The molecule has 0 saturated heterocycles. The van der Waals surface area contributed by atoms with E-state index in [1.165, 1.54) is 17.3 Å². The number of amidine groups is 1. The summed E-state index contributed by atoms with van der Waals surface area (Å²) in [6, 6.07) is 27.6. The topological polar surface area (TPSA) is 74.1 Å². The van der Waals surface area contributed by atoms with Crippen molar-refractivity contribution in [3.05, 3.63) is 102 Å². The molecule has 2 atom stereocenters. The number of benzene rings is 3. The lowest BCUT2D eigenvalue weighted by Crippen LogP contribution is -2.25. The van der Waals surface area contributed by atoms with Crippen LogP contribution in [0.15, 0.2) is 95.0 Å². The molecule has 0 aliphatic carbocycles. The minimum absolute atomic E-state index is 0.0592. The Morgan fingerprint density at radius 2 is 1.68 bits per heavy atom. The first kappa shape index (κ1) is 22.1. The molecule has 34 heavy (non-hydrogen) atoms. The largest absolute Gasteiger partial charge is 0.326 e. The molecule has 0 bridgehead atoms. The quantitative estimate of drug-likeness (QED) is 0.560. The van der Waals surface area contributed by atoms with Crippen LogP contribution in [0.25, 0.3) is 0 Å². The molecule has 0 fully saturated rings. The number of aliphatic imine (C=N–C) groups is 1. The molecule has 0 radical (unpaired) electrons. The highest BCUT2D eigenvalue weighted by Gasteiger charge is 2.39. The third kappa shape index (κ3) is 4.79. The van der Waals surface area contributed by atoms with Crippen molar-refractivity contribution in [2.45, 2.75) is 31.1 Å². The minimum atomic E-state index is -0.562. The van der Waals surface area contributed by atoms with Crippen molar-refractivity contribution in [2.24, 2.45) is 10.1 Å². The van der Waals surface area contributed by atoms with E-state index in [0.29, 0.717) is 17.3 Å². The zero-order chi connectivity index (χ0) is 23.5. The van der Waals surface area contributed by atoms with E-state index in [2.05, 4.69) is 41.5 Å². The lowest BCUT2D eigenvalue weighted by molar-refractivity contribution is -0.121. The molecule has 2 heterocycles.